The molecule has 0 aromatic heterocycles. The SMILES string of the molecule is CCCCCCCCCCCCCCCCCCCCCCCCCC(=O)N[C@@H](C[C@H]1O[C@H](C(O)O)[C@H](OCc2ccccc2)[C@H](OCc2ccccc2)[C@H]1OCc1ccccc1)[C@H](O[Si](C)(C)C(C)(C)C)[C@@H](CCCCCCCCCCCCCC)O[Si](C)(C)C(C)(C)C. The van der Waals surface area contributed by atoms with Gasteiger partial charge in [-0.15, -0.1) is 0 Å². The maximum atomic E-state index is 15.1. The molecule has 1 aliphatic heterocycles. The van der Waals surface area contributed by atoms with Crippen LogP contribution in [0.1, 0.15) is 316 Å². The van der Waals surface area contributed by atoms with Crippen molar-refractivity contribution >= 4 is 22.5 Å². The number of aliphatic hydroxyl groups is 2. The van der Waals surface area contributed by atoms with Crippen molar-refractivity contribution < 1.29 is 42.8 Å². The van der Waals surface area contributed by atoms with Gasteiger partial charge in [-0.1, -0.05) is 365 Å². The van der Waals surface area contributed by atoms with Gasteiger partial charge in [-0.25, -0.2) is 0 Å². The number of rotatable bonds is 56. The second-order valence-corrected chi connectivity index (χ2v) is 41.2. The van der Waals surface area contributed by atoms with Gasteiger partial charge in [0.05, 0.1) is 44.2 Å². The minimum Gasteiger partial charge on any atom is -0.411 e. The Balaban J connectivity index is 1.61. The molecule has 10 nitrogen and oxygen atoms in total. The maximum Gasteiger partial charge on any atom is 0.220 e. The van der Waals surface area contributed by atoms with Gasteiger partial charge >= 0.3 is 0 Å². The molecule has 1 saturated heterocycles. The molecule has 0 aliphatic carbocycles. The van der Waals surface area contributed by atoms with Crippen molar-refractivity contribution in [2.75, 3.05) is 0 Å². The number of hydrogen-bond donors (Lipinski definition) is 3. The average Bonchev–Trinajstić information content (AvgIpc) is 0.779. The van der Waals surface area contributed by atoms with Crippen LogP contribution in [-0.2, 0) is 52.4 Å². The summed E-state index contributed by atoms with van der Waals surface area (Å²) in [6, 6.07) is 29.5. The van der Waals surface area contributed by atoms with E-state index in [1.165, 1.54) is 193 Å². The van der Waals surface area contributed by atoms with E-state index in [0.29, 0.717) is 6.42 Å². The molecule has 0 unspecified atom stereocenters. The van der Waals surface area contributed by atoms with Gasteiger partial charge in [0.15, 0.2) is 22.9 Å². The van der Waals surface area contributed by atoms with Crippen LogP contribution in [-0.4, -0.2) is 87.8 Å². The molecule has 544 valence electrons. The smallest absolute Gasteiger partial charge is 0.220 e. The van der Waals surface area contributed by atoms with Crippen LogP contribution in [0.4, 0.5) is 0 Å². The highest BCUT2D eigenvalue weighted by molar-refractivity contribution is 6.74. The van der Waals surface area contributed by atoms with Crippen molar-refractivity contribution in [3.05, 3.63) is 108 Å². The fourth-order valence-electron chi connectivity index (χ4n) is 13.1. The Kier molecular flexibility index (Phi) is 43.6. The fourth-order valence-corrected chi connectivity index (χ4v) is 15.8. The van der Waals surface area contributed by atoms with Crippen molar-refractivity contribution in [3.63, 3.8) is 0 Å². The van der Waals surface area contributed by atoms with Crippen LogP contribution in [0.15, 0.2) is 91.0 Å². The second kappa shape index (κ2) is 48.9. The number of carbonyl (C=O) groups is 1. The normalized spacial score (nSPS) is 18.3. The molecule has 3 aromatic rings. The average molecular weight is 1360 g/mol. The number of nitrogens with one attached hydrogen (secondary N) is 1. The predicted octanol–water partition coefficient (Wildman–Crippen LogP) is 22.9. The highest BCUT2D eigenvalue weighted by atomic mass is 28.4. The first-order chi connectivity index (χ1) is 45.7. The van der Waals surface area contributed by atoms with Crippen molar-refractivity contribution in [1.29, 1.82) is 0 Å². The Bertz CT molecular complexity index is 2310. The van der Waals surface area contributed by atoms with E-state index in [1.807, 2.05) is 78.9 Å². The monoisotopic (exact) mass is 1360 g/mol. The zero-order valence-electron chi connectivity index (χ0n) is 63.1. The summed E-state index contributed by atoms with van der Waals surface area (Å²) >= 11 is 0. The fraction of sp³-hybridized carbons (Fsp3) is 0.771. The summed E-state index contributed by atoms with van der Waals surface area (Å²) in [5, 5.41) is 26.6. The number of ether oxygens (including phenoxy) is 4. The molecule has 8 atom stereocenters. The summed E-state index contributed by atoms with van der Waals surface area (Å²) in [4.78, 5) is 15.1. The van der Waals surface area contributed by atoms with Crippen molar-refractivity contribution in [1.82, 2.24) is 5.32 Å². The molecular weight excluding hydrogens is 1210 g/mol. The molecule has 0 spiro atoms. The van der Waals surface area contributed by atoms with E-state index in [4.69, 9.17) is 27.8 Å². The summed E-state index contributed by atoms with van der Waals surface area (Å²) in [5.41, 5.74) is 2.87. The third-order valence-electron chi connectivity index (χ3n) is 21.3. The first-order valence-corrected chi connectivity index (χ1v) is 45.1. The zero-order valence-corrected chi connectivity index (χ0v) is 65.1. The number of carbonyl (C=O) groups excluding carboxylic acids is 1. The van der Waals surface area contributed by atoms with Gasteiger partial charge in [0, 0.05) is 6.42 Å². The lowest BCUT2D eigenvalue weighted by Gasteiger charge is -2.50. The summed E-state index contributed by atoms with van der Waals surface area (Å²) in [6.07, 6.45) is 39.4. The minimum absolute atomic E-state index is 0.0176. The predicted molar refractivity (Wildman–Crippen MR) is 405 cm³/mol. The quantitative estimate of drug-likeness (QED) is 0.0288. The van der Waals surface area contributed by atoms with Crippen LogP contribution >= 0.6 is 0 Å². The van der Waals surface area contributed by atoms with Crippen LogP contribution in [0.5, 0.6) is 0 Å². The molecule has 1 fully saturated rings. The van der Waals surface area contributed by atoms with E-state index in [2.05, 4.69) is 99.0 Å². The van der Waals surface area contributed by atoms with Gasteiger partial charge in [0.2, 0.25) is 5.91 Å². The molecule has 95 heavy (non-hydrogen) atoms. The Morgan fingerprint density at radius 3 is 1.11 bits per heavy atom. The summed E-state index contributed by atoms with van der Waals surface area (Å²) in [6.45, 7) is 28.3. The molecule has 1 aliphatic rings. The van der Waals surface area contributed by atoms with E-state index in [9.17, 15) is 10.2 Å². The lowest BCUT2D eigenvalue weighted by atomic mass is 9.87. The lowest BCUT2D eigenvalue weighted by Crippen LogP contribution is -2.65. The van der Waals surface area contributed by atoms with E-state index < -0.39 is 65.6 Å². The first-order valence-electron chi connectivity index (χ1n) is 39.3. The minimum atomic E-state index is -2.63. The Morgan fingerprint density at radius 1 is 0.442 bits per heavy atom. The third kappa shape index (κ3) is 35.4. The molecule has 0 bridgehead atoms. The molecule has 0 saturated carbocycles. The lowest BCUT2D eigenvalue weighted by molar-refractivity contribution is -0.303. The van der Waals surface area contributed by atoms with Crippen molar-refractivity contribution in [2.24, 2.45) is 0 Å². The standard InChI is InChI=1S/C83H145NO9Si2/c1-13-15-17-19-21-23-25-27-28-29-30-31-32-33-34-35-36-37-39-41-43-45-56-64-75(85)84-72(76(93-95(11,12)83(6,7)8)73(92-94(9,10)82(3,4)5)63-55-44-42-40-38-26-24-22-20-18-16-14-2)65-74-77(88-66-69-57-49-46-50-58-69)78(89-67-70-59-51-47-52-60-70)79(80(91-74)81(86)87)90-68-71-61-53-48-54-62-71/h46-54,57-62,72-74,76-81,86-87H,13-45,55-56,63-68H2,1-12H3,(H,84,85)/t72-,73+,74+,76-,77-,78+,79+,80-/m0/s1. The van der Waals surface area contributed by atoms with Crippen molar-refractivity contribution in [2.45, 2.75) is 411 Å². The van der Waals surface area contributed by atoms with Gasteiger partial charge in [0.1, 0.15) is 24.4 Å². The molecular formula is C83H145NO9Si2. The number of hydrogen-bond acceptors (Lipinski definition) is 9. The largest absolute Gasteiger partial charge is 0.411 e. The van der Waals surface area contributed by atoms with Gasteiger partial charge in [-0.2, -0.15) is 0 Å². The summed E-state index contributed by atoms with van der Waals surface area (Å²) in [5.74, 6) is -0.0176. The van der Waals surface area contributed by atoms with Crippen LogP contribution in [0.25, 0.3) is 0 Å². The van der Waals surface area contributed by atoms with E-state index in [0.717, 1.165) is 55.2 Å². The Morgan fingerprint density at radius 2 is 0.758 bits per heavy atom. The zero-order chi connectivity index (χ0) is 69.1. The highest BCUT2D eigenvalue weighted by Gasteiger charge is 2.53. The van der Waals surface area contributed by atoms with E-state index >= 15 is 4.79 Å². The van der Waals surface area contributed by atoms with Crippen LogP contribution in [0.2, 0.25) is 36.3 Å². The Hall–Kier alpha value is -2.76. The van der Waals surface area contributed by atoms with Crippen molar-refractivity contribution in [3.8, 4) is 0 Å². The molecule has 1 heterocycles. The summed E-state index contributed by atoms with van der Waals surface area (Å²) < 4.78 is 43.9. The topological polar surface area (TPSA) is 125 Å². The molecule has 1 amide bonds. The maximum absolute atomic E-state index is 15.1. The van der Waals surface area contributed by atoms with Gasteiger partial charge in [0.25, 0.3) is 0 Å². The van der Waals surface area contributed by atoms with Gasteiger partial charge in [-0.3, -0.25) is 4.79 Å². The first kappa shape index (κ1) is 84.7. The number of amides is 1. The van der Waals surface area contributed by atoms with Gasteiger partial charge < -0.3 is 43.3 Å². The Labute approximate surface area is 585 Å². The summed E-state index contributed by atoms with van der Waals surface area (Å²) in [7, 11) is -5.11. The second-order valence-electron chi connectivity index (χ2n) is 31.7. The third-order valence-corrected chi connectivity index (χ3v) is 30.2. The van der Waals surface area contributed by atoms with Gasteiger partial charge in [-0.05, 0) is 72.2 Å². The van der Waals surface area contributed by atoms with Crippen LogP contribution in [0.3, 0.4) is 0 Å². The molecule has 12 heteroatoms. The molecule has 0 radical (unpaired) electrons. The van der Waals surface area contributed by atoms with E-state index in [-0.39, 0.29) is 48.3 Å². The number of aliphatic hydroxyl groups excluding tert-OH is 1. The number of unbranched alkanes of at least 4 members (excludes halogenated alkanes) is 33. The van der Waals surface area contributed by atoms with E-state index in [1.54, 1.807) is 0 Å². The number of benzene rings is 3. The molecule has 3 N–H and O–H groups in total. The van der Waals surface area contributed by atoms with Crippen LogP contribution < -0.4 is 5.32 Å². The molecule has 3 aromatic carbocycles. The molecule has 4 rings (SSSR count). The van der Waals surface area contributed by atoms with Crippen LogP contribution in [0, 0.1) is 0 Å². The highest BCUT2D eigenvalue weighted by Crippen LogP contribution is 2.43.